The van der Waals surface area contributed by atoms with Crippen LogP contribution in [0.5, 0.6) is 0 Å². The number of amidine groups is 1. The first-order valence-corrected chi connectivity index (χ1v) is 7.45. The lowest BCUT2D eigenvalue weighted by atomic mass is 10.0. The van der Waals surface area contributed by atoms with E-state index in [9.17, 15) is 0 Å². The average molecular weight is 369 g/mol. The molecule has 0 aliphatic rings. The Morgan fingerprint density at radius 2 is 2.14 bits per heavy atom. The van der Waals surface area contributed by atoms with Crippen molar-refractivity contribution in [2.24, 2.45) is 10.9 Å². The van der Waals surface area contributed by atoms with Gasteiger partial charge in [0.1, 0.15) is 0 Å². The van der Waals surface area contributed by atoms with Gasteiger partial charge in [0.05, 0.1) is 15.2 Å². The maximum absolute atomic E-state index is 8.69. The molecule has 0 bridgehead atoms. The molecule has 0 radical (unpaired) electrons. The van der Waals surface area contributed by atoms with Crippen LogP contribution in [0.1, 0.15) is 16.7 Å². The highest BCUT2D eigenvalue weighted by molar-refractivity contribution is 9.10. The van der Waals surface area contributed by atoms with Crippen LogP contribution >= 0.6 is 27.5 Å². The third-order valence-corrected chi connectivity index (χ3v) is 4.56. The number of hydrogen-bond donors (Lipinski definition) is 3. The average Bonchev–Trinajstić information content (AvgIpc) is 2.49. The number of nitrogens with two attached hydrogens (primary N) is 1. The van der Waals surface area contributed by atoms with Crippen molar-refractivity contribution >= 4 is 39.1 Å². The van der Waals surface area contributed by atoms with Gasteiger partial charge in [-0.1, -0.05) is 35.0 Å². The van der Waals surface area contributed by atoms with E-state index in [2.05, 4.69) is 26.4 Å². The summed E-state index contributed by atoms with van der Waals surface area (Å²) in [5.74, 6) is 0.107. The minimum absolute atomic E-state index is 0.107. The van der Waals surface area contributed by atoms with Crippen molar-refractivity contribution in [3.05, 3.63) is 62.6 Å². The van der Waals surface area contributed by atoms with E-state index in [1.807, 2.05) is 43.3 Å². The quantitative estimate of drug-likeness (QED) is 0.329. The Labute approximate surface area is 136 Å². The predicted octanol–water partition coefficient (Wildman–Crippen LogP) is 4.12. The second kappa shape index (κ2) is 6.83. The first-order valence-electron chi connectivity index (χ1n) is 6.28. The van der Waals surface area contributed by atoms with E-state index in [1.54, 1.807) is 0 Å². The van der Waals surface area contributed by atoms with Crippen LogP contribution in [-0.2, 0) is 6.54 Å². The van der Waals surface area contributed by atoms with Crippen molar-refractivity contribution < 1.29 is 5.21 Å². The second-order valence-corrected chi connectivity index (χ2v) is 5.78. The zero-order valence-corrected chi connectivity index (χ0v) is 13.7. The molecule has 110 valence electrons. The highest BCUT2D eigenvalue weighted by Crippen LogP contribution is 2.30. The van der Waals surface area contributed by atoms with Gasteiger partial charge in [-0.15, -0.1) is 0 Å². The zero-order valence-electron chi connectivity index (χ0n) is 11.4. The number of nitrogens with one attached hydrogen (secondary N) is 1. The van der Waals surface area contributed by atoms with E-state index in [1.165, 1.54) is 0 Å². The molecule has 2 aromatic carbocycles. The summed E-state index contributed by atoms with van der Waals surface area (Å²) in [5, 5.41) is 15.7. The molecule has 21 heavy (non-hydrogen) atoms. The Hall–Kier alpha value is -1.72. The van der Waals surface area contributed by atoms with E-state index >= 15 is 0 Å². The van der Waals surface area contributed by atoms with Crippen molar-refractivity contribution in [1.82, 2.24) is 0 Å². The highest BCUT2D eigenvalue weighted by atomic mass is 79.9. The van der Waals surface area contributed by atoms with E-state index < -0.39 is 0 Å². The van der Waals surface area contributed by atoms with Gasteiger partial charge >= 0.3 is 0 Å². The molecule has 0 aliphatic heterocycles. The first-order chi connectivity index (χ1) is 10.0. The van der Waals surface area contributed by atoms with Crippen molar-refractivity contribution in [3.63, 3.8) is 0 Å². The smallest absolute Gasteiger partial charge is 0.170 e. The van der Waals surface area contributed by atoms with E-state index in [0.717, 1.165) is 21.3 Å². The van der Waals surface area contributed by atoms with Gasteiger partial charge < -0.3 is 16.3 Å². The van der Waals surface area contributed by atoms with Crippen LogP contribution in [0.15, 0.2) is 46.0 Å². The van der Waals surface area contributed by atoms with Crippen molar-refractivity contribution in [2.75, 3.05) is 5.32 Å². The van der Waals surface area contributed by atoms with E-state index in [0.29, 0.717) is 17.1 Å². The lowest BCUT2D eigenvalue weighted by molar-refractivity contribution is 0.318. The maximum atomic E-state index is 8.69. The number of halogens is 2. The standard InChI is InChI=1S/C15H15BrClN3O/c1-9-7-10(15(18)20-21)5-6-11(9)8-19-13-4-2-3-12(17)14(13)16/h2-7,19,21H,8H2,1H3,(H2,18,20). The summed E-state index contributed by atoms with van der Waals surface area (Å²) in [6, 6.07) is 11.3. The minimum Gasteiger partial charge on any atom is -0.409 e. The normalized spacial score (nSPS) is 11.5. The van der Waals surface area contributed by atoms with Gasteiger partial charge in [-0.25, -0.2) is 0 Å². The van der Waals surface area contributed by atoms with Crippen LogP contribution in [0.4, 0.5) is 5.69 Å². The van der Waals surface area contributed by atoms with Gasteiger partial charge in [0.2, 0.25) is 0 Å². The Bertz CT molecular complexity index is 689. The molecule has 0 heterocycles. The Morgan fingerprint density at radius 3 is 2.81 bits per heavy atom. The van der Waals surface area contributed by atoms with Crippen LogP contribution in [0.3, 0.4) is 0 Å². The molecular weight excluding hydrogens is 354 g/mol. The Balaban J connectivity index is 2.15. The molecule has 2 aromatic rings. The van der Waals surface area contributed by atoms with Crippen molar-refractivity contribution in [3.8, 4) is 0 Å². The SMILES string of the molecule is Cc1cc(/C(N)=N/O)ccc1CNc1cccc(Cl)c1Br. The molecule has 0 atom stereocenters. The van der Waals surface area contributed by atoms with Gasteiger partial charge in [0, 0.05) is 12.1 Å². The third-order valence-electron chi connectivity index (χ3n) is 3.17. The molecule has 0 aromatic heterocycles. The number of benzene rings is 2. The van der Waals surface area contributed by atoms with Gasteiger partial charge in [-0.2, -0.15) is 0 Å². The monoisotopic (exact) mass is 367 g/mol. The van der Waals surface area contributed by atoms with Crippen LogP contribution in [0, 0.1) is 6.92 Å². The lowest BCUT2D eigenvalue weighted by Gasteiger charge is -2.12. The van der Waals surface area contributed by atoms with Gasteiger partial charge in [0.25, 0.3) is 0 Å². The molecule has 6 heteroatoms. The molecule has 0 aliphatic carbocycles. The van der Waals surface area contributed by atoms with Crippen LogP contribution < -0.4 is 11.1 Å². The molecule has 2 rings (SSSR count). The van der Waals surface area contributed by atoms with Gasteiger partial charge in [0.15, 0.2) is 5.84 Å². The molecular formula is C15H15BrClN3O. The van der Waals surface area contributed by atoms with Crippen molar-refractivity contribution in [1.29, 1.82) is 0 Å². The predicted molar refractivity (Wildman–Crippen MR) is 90.2 cm³/mol. The number of rotatable bonds is 4. The molecule has 4 nitrogen and oxygen atoms in total. The fourth-order valence-electron chi connectivity index (χ4n) is 1.94. The zero-order chi connectivity index (χ0) is 15.4. The summed E-state index contributed by atoms with van der Waals surface area (Å²) in [6.07, 6.45) is 0. The van der Waals surface area contributed by atoms with Crippen LogP contribution in [0.2, 0.25) is 5.02 Å². The van der Waals surface area contributed by atoms with Crippen LogP contribution in [0.25, 0.3) is 0 Å². The summed E-state index contributed by atoms with van der Waals surface area (Å²) in [7, 11) is 0. The number of aryl methyl sites for hydroxylation is 1. The highest BCUT2D eigenvalue weighted by Gasteiger charge is 2.06. The molecule has 0 amide bonds. The van der Waals surface area contributed by atoms with Crippen LogP contribution in [-0.4, -0.2) is 11.0 Å². The van der Waals surface area contributed by atoms with E-state index in [-0.39, 0.29) is 5.84 Å². The topological polar surface area (TPSA) is 70.6 Å². The summed E-state index contributed by atoms with van der Waals surface area (Å²) < 4.78 is 0.845. The van der Waals surface area contributed by atoms with Gasteiger partial charge in [-0.05, 0) is 52.2 Å². The first kappa shape index (κ1) is 15.7. The molecule has 0 saturated carbocycles. The largest absolute Gasteiger partial charge is 0.409 e. The number of hydrogen-bond acceptors (Lipinski definition) is 3. The number of nitrogens with zero attached hydrogens (tertiary/aromatic N) is 1. The molecule has 0 unspecified atom stereocenters. The summed E-state index contributed by atoms with van der Waals surface area (Å²) >= 11 is 9.52. The fourth-order valence-corrected chi connectivity index (χ4v) is 2.52. The third kappa shape index (κ3) is 3.68. The molecule has 0 fully saturated rings. The maximum Gasteiger partial charge on any atom is 0.170 e. The molecule has 0 saturated heterocycles. The molecule has 0 spiro atoms. The Kier molecular flexibility index (Phi) is 5.09. The van der Waals surface area contributed by atoms with Gasteiger partial charge in [-0.3, -0.25) is 0 Å². The lowest BCUT2D eigenvalue weighted by Crippen LogP contribution is -2.13. The Morgan fingerprint density at radius 1 is 1.38 bits per heavy atom. The molecule has 4 N–H and O–H groups in total. The summed E-state index contributed by atoms with van der Waals surface area (Å²) in [4.78, 5) is 0. The summed E-state index contributed by atoms with van der Waals surface area (Å²) in [6.45, 7) is 2.64. The fraction of sp³-hybridized carbons (Fsp3) is 0.133. The number of anilines is 1. The minimum atomic E-state index is 0.107. The second-order valence-electron chi connectivity index (χ2n) is 4.58. The van der Waals surface area contributed by atoms with E-state index in [4.69, 9.17) is 22.5 Å². The summed E-state index contributed by atoms with van der Waals surface area (Å²) in [5.41, 5.74) is 9.39. The van der Waals surface area contributed by atoms with Crippen molar-refractivity contribution in [2.45, 2.75) is 13.5 Å². The number of oxime groups is 1.